The van der Waals surface area contributed by atoms with E-state index >= 15 is 0 Å². The van der Waals surface area contributed by atoms with Crippen molar-refractivity contribution >= 4 is 34.4 Å². The van der Waals surface area contributed by atoms with Crippen molar-refractivity contribution in [2.24, 2.45) is 0 Å². The van der Waals surface area contributed by atoms with Crippen molar-refractivity contribution in [3.05, 3.63) is 29.3 Å². The van der Waals surface area contributed by atoms with Crippen LogP contribution in [0.1, 0.15) is 11.1 Å². The first-order chi connectivity index (χ1) is 7.13. The molecule has 3 nitrogen and oxygen atoms in total. The molecule has 0 bridgehead atoms. The lowest BCUT2D eigenvalue weighted by atomic mass is 10.1. The van der Waals surface area contributed by atoms with E-state index in [1.54, 1.807) is 6.07 Å². The van der Waals surface area contributed by atoms with Gasteiger partial charge in [0, 0.05) is 34.7 Å². The smallest absolute Gasteiger partial charge is 0.409 e. The van der Waals surface area contributed by atoms with E-state index in [4.69, 9.17) is 5.11 Å². The maximum atomic E-state index is 10.4. The van der Waals surface area contributed by atoms with E-state index in [0.717, 1.165) is 11.1 Å². The Labute approximate surface area is 102 Å². The Kier molecular flexibility index (Phi) is 4.43. The van der Waals surface area contributed by atoms with Crippen LogP contribution in [0.3, 0.4) is 0 Å². The molecule has 15 heavy (non-hydrogen) atoms. The van der Waals surface area contributed by atoms with E-state index in [0.29, 0.717) is 12.1 Å². The third-order valence-electron chi connectivity index (χ3n) is 1.95. The molecule has 0 heterocycles. The Hall–Kier alpha value is -1.22. The Morgan fingerprint density at radius 1 is 1.60 bits per heavy atom. The zero-order valence-electron chi connectivity index (χ0n) is 8.17. The maximum absolute atomic E-state index is 10.4. The molecule has 0 aliphatic heterocycles. The quantitative estimate of drug-likeness (QED) is 0.651. The molecule has 1 amide bonds. The molecule has 0 atom stereocenters. The van der Waals surface area contributed by atoms with E-state index < -0.39 is 6.09 Å². The predicted octanol–water partition coefficient (Wildman–Crippen LogP) is 3.02. The van der Waals surface area contributed by atoms with Gasteiger partial charge in [0.15, 0.2) is 0 Å². The van der Waals surface area contributed by atoms with Gasteiger partial charge in [0.25, 0.3) is 0 Å². The molecule has 0 saturated heterocycles. The minimum absolute atomic E-state index is 0.582. The third kappa shape index (κ3) is 3.80. The fourth-order valence-corrected chi connectivity index (χ4v) is 1.38. The van der Waals surface area contributed by atoms with Gasteiger partial charge in [0.05, 0.1) is 0 Å². The number of amides is 1. The molecule has 0 fully saturated rings. The summed E-state index contributed by atoms with van der Waals surface area (Å²) in [4.78, 5) is 10.4. The molecule has 0 spiro atoms. The first-order valence-corrected chi connectivity index (χ1v) is 5.39. The average molecular weight is 315 g/mol. The molecule has 0 aromatic heterocycles. The van der Waals surface area contributed by atoms with Crippen LogP contribution < -0.4 is 5.32 Å². The molecule has 78 valence electrons. The number of hydrogen-bond donors (Lipinski definition) is 2. The van der Waals surface area contributed by atoms with Crippen LogP contribution in [-0.4, -0.2) is 11.2 Å². The maximum Gasteiger partial charge on any atom is 0.409 e. The molecule has 0 radical (unpaired) electrons. The van der Waals surface area contributed by atoms with E-state index in [1.165, 1.54) is 0 Å². The SMILES string of the molecule is Cc1ccc(NC(=O)O)cc1CC#CI. The minimum Gasteiger partial charge on any atom is -0.465 e. The van der Waals surface area contributed by atoms with Crippen molar-refractivity contribution in [1.82, 2.24) is 0 Å². The first kappa shape index (κ1) is 11.9. The lowest BCUT2D eigenvalue weighted by Gasteiger charge is -2.05. The standard InChI is InChI=1S/C11H10INO2/c1-8-4-5-10(13-11(14)15)7-9(8)3-2-6-12/h4-5,7,13H,3H2,1H3,(H,14,15). The molecule has 0 aliphatic carbocycles. The first-order valence-electron chi connectivity index (χ1n) is 4.31. The van der Waals surface area contributed by atoms with Crippen LogP contribution in [0, 0.1) is 16.8 Å². The predicted molar refractivity (Wildman–Crippen MR) is 68.3 cm³/mol. The highest BCUT2D eigenvalue weighted by atomic mass is 127. The Morgan fingerprint density at radius 3 is 2.93 bits per heavy atom. The summed E-state index contributed by atoms with van der Waals surface area (Å²) in [6, 6.07) is 5.43. The van der Waals surface area contributed by atoms with Gasteiger partial charge in [0.1, 0.15) is 0 Å². The van der Waals surface area contributed by atoms with Gasteiger partial charge >= 0.3 is 6.09 Å². The highest BCUT2D eigenvalue weighted by molar-refractivity contribution is 14.1. The molecule has 0 aliphatic rings. The normalized spacial score (nSPS) is 8.93. The summed E-state index contributed by atoms with van der Waals surface area (Å²) in [5, 5.41) is 10.9. The van der Waals surface area contributed by atoms with Crippen molar-refractivity contribution in [2.75, 3.05) is 5.32 Å². The summed E-state index contributed by atoms with van der Waals surface area (Å²) >= 11 is 1.98. The summed E-state index contributed by atoms with van der Waals surface area (Å²) in [5.74, 6) is 2.95. The number of nitrogens with one attached hydrogen (secondary N) is 1. The summed E-state index contributed by atoms with van der Waals surface area (Å²) in [5.41, 5.74) is 2.74. The Morgan fingerprint density at radius 2 is 2.33 bits per heavy atom. The molecule has 0 unspecified atom stereocenters. The van der Waals surface area contributed by atoms with Crippen LogP contribution in [0.4, 0.5) is 10.5 Å². The summed E-state index contributed by atoms with van der Waals surface area (Å²) in [7, 11) is 0. The van der Waals surface area contributed by atoms with Crippen LogP contribution in [-0.2, 0) is 6.42 Å². The van der Waals surface area contributed by atoms with E-state index in [9.17, 15) is 4.79 Å². The molecule has 1 aromatic rings. The number of aryl methyl sites for hydroxylation is 1. The highest BCUT2D eigenvalue weighted by Crippen LogP contribution is 2.15. The van der Waals surface area contributed by atoms with Crippen molar-refractivity contribution < 1.29 is 9.90 Å². The number of anilines is 1. The lowest BCUT2D eigenvalue weighted by Crippen LogP contribution is -2.07. The molecule has 1 rings (SSSR count). The molecular formula is C11H10INO2. The van der Waals surface area contributed by atoms with Gasteiger partial charge in [-0.15, -0.1) is 0 Å². The van der Waals surface area contributed by atoms with Gasteiger partial charge in [-0.1, -0.05) is 12.0 Å². The van der Waals surface area contributed by atoms with Gasteiger partial charge in [0.2, 0.25) is 0 Å². The number of benzene rings is 1. The highest BCUT2D eigenvalue weighted by Gasteiger charge is 2.01. The second-order valence-corrected chi connectivity index (χ2v) is 3.56. The number of rotatable bonds is 2. The monoisotopic (exact) mass is 315 g/mol. The van der Waals surface area contributed by atoms with Crippen LogP contribution >= 0.6 is 22.6 Å². The molecule has 4 heteroatoms. The third-order valence-corrected chi connectivity index (χ3v) is 2.33. The summed E-state index contributed by atoms with van der Waals surface area (Å²) < 4.78 is 2.79. The Bertz CT molecular complexity index is 432. The molecule has 1 aromatic carbocycles. The van der Waals surface area contributed by atoms with E-state index in [1.807, 2.05) is 41.6 Å². The second kappa shape index (κ2) is 5.61. The van der Waals surface area contributed by atoms with Gasteiger partial charge in [-0.25, -0.2) is 4.79 Å². The molecule has 0 saturated carbocycles. The number of hydrogen-bond acceptors (Lipinski definition) is 1. The van der Waals surface area contributed by atoms with Gasteiger partial charge in [-0.05, 0) is 34.1 Å². The number of halogens is 1. The van der Waals surface area contributed by atoms with Crippen molar-refractivity contribution in [3.8, 4) is 9.85 Å². The Balaban J connectivity index is 2.92. The van der Waals surface area contributed by atoms with Crippen molar-refractivity contribution in [2.45, 2.75) is 13.3 Å². The van der Waals surface area contributed by atoms with E-state index in [2.05, 4.69) is 15.2 Å². The summed E-state index contributed by atoms with van der Waals surface area (Å²) in [6.45, 7) is 1.98. The van der Waals surface area contributed by atoms with Crippen LogP contribution in [0.5, 0.6) is 0 Å². The van der Waals surface area contributed by atoms with Gasteiger partial charge < -0.3 is 5.11 Å². The largest absolute Gasteiger partial charge is 0.465 e. The molecular weight excluding hydrogens is 305 g/mol. The second-order valence-electron chi connectivity index (χ2n) is 3.02. The van der Waals surface area contributed by atoms with Crippen LogP contribution in [0.15, 0.2) is 18.2 Å². The van der Waals surface area contributed by atoms with E-state index in [-0.39, 0.29) is 0 Å². The summed E-state index contributed by atoms with van der Waals surface area (Å²) in [6.07, 6.45) is -0.408. The minimum atomic E-state index is -1.05. The fourth-order valence-electron chi connectivity index (χ4n) is 1.19. The van der Waals surface area contributed by atoms with Crippen molar-refractivity contribution in [1.29, 1.82) is 0 Å². The molecule has 2 N–H and O–H groups in total. The van der Waals surface area contributed by atoms with Crippen LogP contribution in [0.25, 0.3) is 0 Å². The number of carbonyl (C=O) groups is 1. The van der Waals surface area contributed by atoms with Crippen molar-refractivity contribution in [3.63, 3.8) is 0 Å². The topological polar surface area (TPSA) is 49.3 Å². The number of carboxylic acid groups (broad SMARTS) is 1. The zero-order chi connectivity index (χ0) is 11.3. The average Bonchev–Trinajstić information content (AvgIpc) is 2.18. The fraction of sp³-hybridized carbons (Fsp3) is 0.182. The van der Waals surface area contributed by atoms with Gasteiger partial charge in [-0.3, -0.25) is 5.32 Å². The zero-order valence-corrected chi connectivity index (χ0v) is 10.3. The van der Waals surface area contributed by atoms with Gasteiger partial charge in [-0.2, -0.15) is 0 Å². The van der Waals surface area contributed by atoms with Crippen LogP contribution in [0.2, 0.25) is 0 Å². The lowest BCUT2D eigenvalue weighted by molar-refractivity contribution is 0.210.